The van der Waals surface area contributed by atoms with E-state index in [9.17, 15) is 19.5 Å². The zero-order chi connectivity index (χ0) is 23.1. The highest BCUT2D eigenvalue weighted by Crippen LogP contribution is 2.68. The Morgan fingerprint density at radius 1 is 1.03 bits per heavy atom. The lowest BCUT2D eigenvalue weighted by Gasteiger charge is -2.62. The van der Waals surface area contributed by atoms with Crippen LogP contribution in [0.25, 0.3) is 0 Å². The number of rotatable bonds is 8. The Labute approximate surface area is 191 Å². The molecule has 0 heterocycles. The Morgan fingerprint density at radius 3 is 2.47 bits per heavy atom. The van der Waals surface area contributed by atoms with E-state index in [4.69, 9.17) is 9.47 Å². The molecule has 0 saturated heterocycles. The van der Waals surface area contributed by atoms with Crippen molar-refractivity contribution in [1.82, 2.24) is 0 Å². The van der Waals surface area contributed by atoms with Crippen LogP contribution in [0.1, 0.15) is 85.0 Å². The Morgan fingerprint density at radius 2 is 1.78 bits per heavy atom. The molecule has 0 spiro atoms. The molecule has 4 aliphatic rings. The molecule has 180 valence electrons. The van der Waals surface area contributed by atoms with Gasteiger partial charge in [0.1, 0.15) is 12.2 Å². The fourth-order valence-corrected chi connectivity index (χ4v) is 9.14. The molecule has 4 fully saturated rings. The lowest BCUT2D eigenvalue weighted by Crippen LogP contribution is -2.59. The summed E-state index contributed by atoms with van der Waals surface area (Å²) in [5.41, 5.74) is 0.117. The second kappa shape index (κ2) is 8.98. The van der Waals surface area contributed by atoms with Crippen LogP contribution >= 0.6 is 0 Å². The highest BCUT2D eigenvalue weighted by Gasteiger charge is 2.64. The van der Waals surface area contributed by atoms with Crippen LogP contribution in [0.15, 0.2) is 0 Å². The molecular weight excluding hydrogens is 408 g/mol. The highest BCUT2D eigenvalue weighted by molar-refractivity contribution is 5.66. The SMILES string of the molecule is C[C@@H](CCC(=O)O)[C@H]1CC[C@H]2[C@@H]3CC[C@H]4C[C@@H](OC=O)CC[C@]4(C)[C@H]3C[C@H](OC=O)[C@]12C. The van der Waals surface area contributed by atoms with Crippen molar-refractivity contribution in [2.45, 2.75) is 97.2 Å². The minimum atomic E-state index is -0.735. The van der Waals surface area contributed by atoms with E-state index in [1.165, 1.54) is 12.8 Å². The van der Waals surface area contributed by atoms with E-state index in [-0.39, 0.29) is 29.5 Å². The molecule has 10 atom stereocenters. The van der Waals surface area contributed by atoms with Crippen LogP contribution in [0.2, 0.25) is 0 Å². The topological polar surface area (TPSA) is 89.9 Å². The summed E-state index contributed by atoms with van der Waals surface area (Å²) >= 11 is 0. The number of ether oxygens (including phenoxy) is 2. The molecule has 6 heteroatoms. The number of hydrogen-bond acceptors (Lipinski definition) is 5. The van der Waals surface area contributed by atoms with Gasteiger partial charge in [-0.1, -0.05) is 20.8 Å². The molecule has 0 radical (unpaired) electrons. The first-order valence-corrected chi connectivity index (χ1v) is 12.7. The molecule has 0 aliphatic heterocycles. The summed E-state index contributed by atoms with van der Waals surface area (Å²) < 4.78 is 11.2. The van der Waals surface area contributed by atoms with Crippen molar-refractivity contribution in [3.05, 3.63) is 0 Å². The standard InChI is InChI=1S/C26H40O6/c1-16(4-9-24(29)30)20-7-8-21-19-6-5-17-12-18(31-14-27)10-11-25(17,2)22(19)13-23(32-15-28)26(20,21)3/h14-23H,4-13H2,1-3H3,(H,29,30)/t16-,17-,18-,19-,20+,21-,22-,23-,25-,26+/m0/s1. The van der Waals surface area contributed by atoms with Gasteiger partial charge in [0.05, 0.1) is 0 Å². The Hall–Kier alpha value is -1.59. The van der Waals surface area contributed by atoms with Gasteiger partial charge >= 0.3 is 5.97 Å². The molecule has 0 amide bonds. The molecule has 6 nitrogen and oxygen atoms in total. The zero-order valence-electron chi connectivity index (χ0n) is 19.8. The van der Waals surface area contributed by atoms with Crippen molar-refractivity contribution in [3.63, 3.8) is 0 Å². The van der Waals surface area contributed by atoms with E-state index in [1.54, 1.807) is 0 Å². The zero-order valence-corrected chi connectivity index (χ0v) is 19.8. The second-order valence-corrected chi connectivity index (χ2v) is 11.7. The van der Waals surface area contributed by atoms with Crippen molar-refractivity contribution in [2.24, 2.45) is 46.3 Å². The molecule has 1 N–H and O–H groups in total. The van der Waals surface area contributed by atoms with Gasteiger partial charge in [0, 0.05) is 11.8 Å². The third-order valence-electron chi connectivity index (χ3n) is 10.7. The van der Waals surface area contributed by atoms with E-state index in [0.29, 0.717) is 54.9 Å². The number of fused-ring (bicyclic) bond motifs is 5. The highest BCUT2D eigenvalue weighted by atomic mass is 16.5. The van der Waals surface area contributed by atoms with Crippen molar-refractivity contribution in [3.8, 4) is 0 Å². The number of aliphatic carboxylic acids is 1. The first kappa shape index (κ1) is 23.6. The minimum Gasteiger partial charge on any atom is -0.481 e. The molecular formula is C26H40O6. The number of carboxylic acid groups (broad SMARTS) is 1. The fourth-order valence-electron chi connectivity index (χ4n) is 9.14. The summed E-state index contributed by atoms with van der Waals surface area (Å²) in [4.78, 5) is 33.6. The first-order chi connectivity index (χ1) is 15.3. The molecule has 4 saturated carbocycles. The van der Waals surface area contributed by atoms with Crippen LogP contribution < -0.4 is 0 Å². The van der Waals surface area contributed by atoms with E-state index in [1.807, 2.05) is 0 Å². The third kappa shape index (κ3) is 3.75. The normalized spacial score (nSPS) is 46.2. The largest absolute Gasteiger partial charge is 0.481 e. The van der Waals surface area contributed by atoms with Gasteiger partial charge in [-0.2, -0.15) is 0 Å². The van der Waals surface area contributed by atoms with Gasteiger partial charge < -0.3 is 14.6 Å². The number of carboxylic acids is 1. The summed E-state index contributed by atoms with van der Waals surface area (Å²) in [7, 11) is 0. The number of carbonyl (C=O) groups excluding carboxylic acids is 2. The Kier molecular flexibility index (Phi) is 6.61. The van der Waals surface area contributed by atoms with Gasteiger partial charge in [-0.3, -0.25) is 14.4 Å². The maximum atomic E-state index is 11.6. The lowest BCUT2D eigenvalue weighted by atomic mass is 9.43. The van der Waals surface area contributed by atoms with Crippen molar-refractivity contribution >= 4 is 18.9 Å². The molecule has 0 unspecified atom stereocenters. The van der Waals surface area contributed by atoms with Gasteiger partial charge in [-0.05, 0) is 98.7 Å². The molecule has 0 aromatic carbocycles. The van der Waals surface area contributed by atoms with Crippen molar-refractivity contribution in [2.75, 3.05) is 0 Å². The molecule has 4 aliphatic carbocycles. The Bertz CT molecular complexity index is 723. The maximum Gasteiger partial charge on any atom is 0.303 e. The van der Waals surface area contributed by atoms with E-state index < -0.39 is 5.97 Å². The summed E-state index contributed by atoms with van der Waals surface area (Å²) in [5.74, 6) is 2.18. The van der Waals surface area contributed by atoms with Crippen LogP contribution in [0.3, 0.4) is 0 Å². The summed E-state index contributed by atoms with van der Waals surface area (Å²) in [5, 5.41) is 9.18. The van der Waals surface area contributed by atoms with Gasteiger partial charge in [0.15, 0.2) is 0 Å². The predicted octanol–water partition coefficient (Wildman–Crippen LogP) is 4.84. The number of hydrogen-bond donors (Lipinski definition) is 1. The van der Waals surface area contributed by atoms with Crippen molar-refractivity contribution in [1.29, 1.82) is 0 Å². The first-order valence-electron chi connectivity index (χ1n) is 12.7. The van der Waals surface area contributed by atoms with Crippen LogP contribution in [-0.2, 0) is 23.9 Å². The van der Waals surface area contributed by atoms with Gasteiger partial charge in [0.25, 0.3) is 12.9 Å². The van der Waals surface area contributed by atoms with Crippen LogP contribution in [0, 0.1) is 46.3 Å². The van der Waals surface area contributed by atoms with Crippen LogP contribution in [0.4, 0.5) is 0 Å². The lowest BCUT2D eigenvalue weighted by molar-refractivity contribution is -0.190. The summed E-state index contributed by atoms with van der Waals surface area (Å²) in [6.45, 7) is 8.21. The van der Waals surface area contributed by atoms with E-state index in [0.717, 1.165) is 38.5 Å². The van der Waals surface area contributed by atoms with Gasteiger partial charge in [-0.15, -0.1) is 0 Å². The summed E-state index contributed by atoms with van der Waals surface area (Å²) in [6, 6.07) is 0. The molecule has 4 rings (SSSR count). The fraction of sp³-hybridized carbons (Fsp3) is 0.885. The van der Waals surface area contributed by atoms with Crippen LogP contribution in [-0.4, -0.2) is 36.2 Å². The van der Waals surface area contributed by atoms with Gasteiger partial charge in [-0.25, -0.2) is 0 Å². The number of carbonyl (C=O) groups is 3. The van der Waals surface area contributed by atoms with Crippen molar-refractivity contribution < 1.29 is 29.0 Å². The monoisotopic (exact) mass is 448 g/mol. The quantitative estimate of drug-likeness (QED) is 0.535. The molecule has 0 aromatic heterocycles. The van der Waals surface area contributed by atoms with E-state index in [2.05, 4.69) is 20.8 Å². The smallest absolute Gasteiger partial charge is 0.303 e. The minimum absolute atomic E-state index is 0.0453. The van der Waals surface area contributed by atoms with E-state index >= 15 is 0 Å². The second-order valence-electron chi connectivity index (χ2n) is 11.7. The van der Waals surface area contributed by atoms with Crippen LogP contribution in [0.5, 0.6) is 0 Å². The third-order valence-corrected chi connectivity index (χ3v) is 10.7. The predicted molar refractivity (Wildman–Crippen MR) is 119 cm³/mol. The molecule has 0 bridgehead atoms. The molecule has 32 heavy (non-hydrogen) atoms. The molecule has 0 aromatic rings. The Balaban J connectivity index is 1.59. The average Bonchev–Trinajstić information content (AvgIpc) is 3.11. The average molecular weight is 449 g/mol. The maximum absolute atomic E-state index is 11.6. The summed E-state index contributed by atoms with van der Waals surface area (Å²) in [6.07, 6.45) is 9.29. The van der Waals surface area contributed by atoms with Gasteiger partial charge in [0.2, 0.25) is 0 Å².